The van der Waals surface area contributed by atoms with Crippen molar-refractivity contribution in [2.45, 2.75) is 31.2 Å². The molecule has 0 saturated heterocycles. The van der Waals surface area contributed by atoms with Crippen LogP contribution in [0, 0.1) is 13.8 Å². The lowest BCUT2D eigenvalue weighted by molar-refractivity contribution is -0.120. The van der Waals surface area contributed by atoms with Crippen molar-refractivity contribution in [2.24, 2.45) is 5.10 Å². The van der Waals surface area contributed by atoms with Gasteiger partial charge in [-0.05, 0) is 38.3 Å². The fraction of sp³-hybridized carbons (Fsp3) is 0.286. The predicted molar refractivity (Wildman–Crippen MR) is 86.9 cm³/mol. The van der Waals surface area contributed by atoms with Gasteiger partial charge in [0.15, 0.2) is 5.16 Å². The Morgan fingerprint density at radius 3 is 2.76 bits per heavy atom. The standard InChI is InChI=1S/C14H16N4OS2/c1-9-7-10(2)17-14(16-9)21-11(3)13(19)18-15-8-12-5-4-6-20-12/h4-8,11H,1-3H3,(H,18,19)/b15-8-/t11-/m1/s1. The maximum atomic E-state index is 11.9. The number of amides is 1. The molecule has 0 aliphatic heterocycles. The van der Waals surface area contributed by atoms with Crippen molar-refractivity contribution in [2.75, 3.05) is 0 Å². The summed E-state index contributed by atoms with van der Waals surface area (Å²) in [5, 5.41) is 6.20. The number of hydrogen-bond donors (Lipinski definition) is 1. The molecule has 0 saturated carbocycles. The summed E-state index contributed by atoms with van der Waals surface area (Å²) < 4.78 is 0. The fourth-order valence-corrected chi connectivity index (χ4v) is 3.03. The van der Waals surface area contributed by atoms with Crippen LogP contribution in [-0.2, 0) is 4.79 Å². The van der Waals surface area contributed by atoms with Crippen molar-refractivity contribution in [3.63, 3.8) is 0 Å². The van der Waals surface area contributed by atoms with Gasteiger partial charge in [-0.2, -0.15) is 5.10 Å². The van der Waals surface area contributed by atoms with Crippen LogP contribution in [0.2, 0.25) is 0 Å². The molecule has 5 nitrogen and oxygen atoms in total. The molecule has 1 atom stereocenters. The number of hydrogen-bond acceptors (Lipinski definition) is 6. The number of hydrazone groups is 1. The van der Waals surface area contributed by atoms with E-state index in [1.807, 2.05) is 44.4 Å². The lowest BCUT2D eigenvalue weighted by Crippen LogP contribution is -2.27. The minimum Gasteiger partial charge on any atom is -0.272 e. The number of thiophene rings is 1. The van der Waals surface area contributed by atoms with Gasteiger partial charge in [-0.25, -0.2) is 15.4 Å². The largest absolute Gasteiger partial charge is 0.272 e. The Bertz CT molecular complexity index is 620. The highest BCUT2D eigenvalue weighted by atomic mass is 32.2. The zero-order valence-corrected chi connectivity index (χ0v) is 13.7. The second kappa shape index (κ2) is 7.33. The number of nitrogens with one attached hydrogen (secondary N) is 1. The van der Waals surface area contributed by atoms with Gasteiger partial charge in [0.2, 0.25) is 0 Å². The molecule has 110 valence electrons. The van der Waals surface area contributed by atoms with Gasteiger partial charge >= 0.3 is 0 Å². The number of thioether (sulfide) groups is 1. The normalized spacial score (nSPS) is 12.5. The number of aromatic nitrogens is 2. The molecule has 7 heteroatoms. The van der Waals surface area contributed by atoms with Crippen LogP contribution in [0.3, 0.4) is 0 Å². The first-order valence-electron chi connectivity index (χ1n) is 6.40. The van der Waals surface area contributed by atoms with Gasteiger partial charge in [-0.3, -0.25) is 4.79 Å². The summed E-state index contributed by atoms with van der Waals surface area (Å²) in [6.45, 7) is 5.63. The van der Waals surface area contributed by atoms with Crippen molar-refractivity contribution < 1.29 is 4.79 Å². The molecule has 2 aromatic heterocycles. The Morgan fingerprint density at radius 1 is 1.43 bits per heavy atom. The molecule has 21 heavy (non-hydrogen) atoms. The number of rotatable bonds is 5. The third kappa shape index (κ3) is 4.95. The molecule has 2 heterocycles. The second-order valence-electron chi connectivity index (χ2n) is 4.44. The van der Waals surface area contributed by atoms with Crippen LogP contribution >= 0.6 is 23.1 Å². The highest BCUT2D eigenvalue weighted by Crippen LogP contribution is 2.20. The molecular weight excluding hydrogens is 304 g/mol. The summed E-state index contributed by atoms with van der Waals surface area (Å²) in [7, 11) is 0. The molecule has 0 spiro atoms. The number of carbonyl (C=O) groups excluding carboxylic acids is 1. The number of aryl methyl sites for hydroxylation is 2. The lowest BCUT2D eigenvalue weighted by atomic mass is 10.4. The van der Waals surface area contributed by atoms with E-state index < -0.39 is 0 Å². The van der Waals surface area contributed by atoms with E-state index in [1.54, 1.807) is 17.6 Å². The van der Waals surface area contributed by atoms with Gasteiger partial charge in [-0.15, -0.1) is 11.3 Å². The van der Waals surface area contributed by atoms with Gasteiger partial charge in [-0.1, -0.05) is 17.8 Å². The van der Waals surface area contributed by atoms with E-state index >= 15 is 0 Å². The number of carbonyl (C=O) groups is 1. The third-order valence-electron chi connectivity index (χ3n) is 2.52. The van der Waals surface area contributed by atoms with E-state index in [0.29, 0.717) is 5.16 Å². The maximum Gasteiger partial charge on any atom is 0.253 e. The van der Waals surface area contributed by atoms with Crippen LogP contribution in [0.25, 0.3) is 0 Å². The molecule has 0 bridgehead atoms. The summed E-state index contributed by atoms with van der Waals surface area (Å²) in [4.78, 5) is 21.6. The van der Waals surface area contributed by atoms with E-state index in [4.69, 9.17) is 0 Å². The fourth-order valence-electron chi connectivity index (χ4n) is 1.57. The minimum atomic E-state index is -0.313. The first-order valence-corrected chi connectivity index (χ1v) is 8.16. The molecule has 0 aliphatic rings. The van der Waals surface area contributed by atoms with Crippen molar-refractivity contribution in [3.8, 4) is 0 Å². The highest BCUT2D eigenvalue weighted by Gasteiger charge is 2.15. The smallest absolute Gasteiger partial charge is 0.253 e. The zero-order valence-electron chi connectivity index (χ0n) is 12.0. The molecule has 0 aromatic carbocycles. The molecule has 1 amide bonds. The molecule has 0 aliphatic carbocycles. The Kier molecular flexibility index (Phi) is 5.46. The lowest BCUT2D eigenvalue weighted by Gasteiger charge is -2.08. The Hall–Kier alpha value is -1.73. The molecular formula is C14H16N4OS2. The van der Waals surface area contributed by atoms with E-state index in [1.165, 1.54) is 11.8 Å². The van der Waals surface area contributed by atoms with Crippen molar-refractivity contribution in [1.82, 2.24) is 15.4 Å². The zero-order chi connectivity index (χ0) is 15.2. The van der Waals surface area contributed by atoms with Gasteiger partial charge < -0.3 is 0 Å². The van der Waals surface area contributed by atoms with E-state index in [2.05, 4.69) is 20.5 Å². The maximum absolute atomic E-state index is 11.9. The first kappa shape index (κ1) is 15.7. The van der Waals surface area contributed by atoms with Crippen LogP contribution in [-0.4, -0.2) is 27.3 Å². The van der Waals surface area contributed by atoms with Crippen LogP contribution in [0.1, 0.15) is 23.2 Å². The average Bonchev–Trinajstić information content (AvgIpc) is 2.90. The van der Waals surface area contributed by atoms with Crippen LogP contribution in [0.4, 0.5) is 0 Å². The van der Waals surface area contributed by atoms with Crippen molar-refractivity contribution in [1.29, 1.82) is 0 Å². The molecule has 0 unspecified atom stereocenters. The van der Waals surface area contributed by atoms with Gasteiger partial charge in [0.25, 0.3) is 5.91 Å². The van der Waals surface area contributed by atoms with Gasteiger partial charge in [0.1, 0.15) is 0 Å². The quantitative estimate of drug-likeness (QED) is 0.398. The summed E-state index contributed by atoms with van der Waals surface area (Å²) >= 11 is 2.89. The Morgan fingerprint density at radius 2 is 2.14 bits per heavy atom. The van der Waals surface area contributed by atoms with Gasteiger partial charge in [0.05, 0.1) is 11.5 Å². The summed E-state index contributed by atoms with van der Waals surface area (Å²) in [6, 6.07) is 5.77. The molecule has 0 fully saturated rings. The molecule has 0 radical (unpaired) electrons. The SMILES string of the molecule is Cc1cc(C)nc(S[C@H](C)C(=O)N/N=C\c2cccs2)n1. The van der Waals surface area contributed by atoms with E-state index in [-0.39, 0.29) is 11.2 Å². The first-order chi connectivity index (χ1) is 10.0. The van der Waals surface area contributed by atoms with Crippen molar-refractivity contribution in [3.05, 3.63) is 39.8 Å². The highest BCUT2D eigenvalue weighted by molar-refractivity contribution is 8.00. The monoisotopic (exact) mass is 320 g/mol. The van der Waals surface area contributed by atoms with E-state index in [9.17, 15) is 4.79 Å². The van der Waals surface area contributed by atoms with Crippen LogP contribution in [0.5, 0.6) is 0 Å². The second-order valence-corrected chi connectivity index (χ2v) is 6.73. The van der Waals surface area contributed by atoms with Crippen LogP contribution in [0.15, 0.2) is 33.8 Å². The van der Waals surface area contributed by atoms with Gasteiger partial charge in [0, 0.05) is 16.3 Å². The van der Waals surface area contributed by atoms with Crippen LogP contribution < -0.4 is 5.43 Å². The number of nitrogens with zero attached hydrogens (tertiary/aromatic N) is 3. The Labute approximate surface area is 131 Å². The summed E-state index contributed by atoms with van der Waals surface area (Å²) in [5.41, 5.74) is 4.32. The summed E-state index contributed by atoms with van der Waals surface area (Å²) in [6.07, 6.45) is 1.63. The minimum absolute atomic E-state index is 0.171. The van der Waals surface area contributed by atoms with E-state index in [0.717, 1.165) is 16.3 Å². The molecule has 1 N–H and O–H groups in total. The van der Waals surface area contributed by atoms with Crippen molar-refractivity contribution >= 4 is 35.2 Å². The molecule has 2 aromatic rings. The summed E-state index contributed by atoms with van der Waals surface area (Å²) in [5.74, 6) is -0.171. The topological polar surface area (TPSA) is 67.2 Å². The Balaban J connectivity index is 1.90. The third-order valence-corrected chi connectivity index (χ3v) is 4.29. The predicted octanol–water partition coefficient (Wildman–Crippen LogP) is 2.79. The molecule has 2 rings (SSSR count). The average molecular weight is 320 g/mol.